The van der Waals surface area contributed by atoms with Crippen LogP contribution in [0.2, 0.25) is 0 Å². The molecule has 0 aromatic carbocycles. The number of carboxylic acids is 1. The molecule has 5 heteroatoms. The summed E-state index contributed by atoms with van der Waals surface area (Å²) in [6, 6.07) is 0. The summed E-state index contributed by atoms with van der Waals surface area (Å²) in [5.74, 6) is -1.40. The maximum atomic E-state index is 11.8. The first-order valence-corrected chi connectivity index (χ1v) is 3.51. The van der Waals surface area contributed by atoms with E-state index in [1.54, 1.807) is 0 Å². The van der Waals surface area contributed by atoms with E-state index in [-0.39, 0.29) is 6.42 Å². The summed E-state index contributed by atoms with van der Waals surface area (Å²) in [5, 5.41) is 8.50. The molecule has 1 unspecified atom stereocenters. The molecule has 0 saturated heterocycles. The van der Waals surface area contributed by atoms with Crippen molar-refractivity contribution in [2.45, 2.75) is 32.9 Å². The van der Waals surface area contributed by atoms with Crippen LogP contribution in [-0.4, -0.2) is 17.3 Å². The summed E-state index contributed by atoms with van der Waals surface area (Å²) in [6.07, 6.45) is -5.71. The largest absolute Gasteiger partial charge is 0.481 e. The van der Waals surface area contributed by atoms with Crippen molar-refractivity contribution in [2.24, 2.45) is 5.41 Å². The third-order valence-corrected chi connectivity index (χ3v) is 1.89. The molecule has 2 nitrogen and oxygen atoms in total. The van der Waals surface area contributed by atoms with Gasteiger partial charge in [-0.2, -0.15) is 13.2 Å². The van der Waals surface area contributed by atoms with Gasteiger partial charge < -0.3 is 5.11 Å². The number of aliphatic carboxylic acids is 1. The molecule has 0 radical (unpaired) electrons. The second-order valence-electron chi connectivity index (χ2n) is 3.01. The van der Waals surface area contributed by atoms with Gasteiger partial charge in [-0.15, -0.1) is 0 Å². The average molecular weight is 184 g/mol. The molecule has 0 spiro atoms. The first kappa shape index (κ1) is 11.3. The van der Waals surface area contributed by atoms with E-state index in [0.29, 0.717) is 0 Å². The Bertz CT molecular complexity index is 176. The number of carboxylic acid groups (broad SMARTS) is 1. The molecule has 0 aromatic heterocycles. The van der Waals surface area contributed by atoms with Gasteiger partial charge in [-0.1, -0.05) is 6.92 Å². The SMILES string of the molecule is CCC(C)(CC(F)(F)F)C(=O)O. The lowest BCUT2D eigenvalue weighted by molar-refractivity contribution is -0.177. The number of alkyl halides is 3. The molecule has 0 aliphatic rings. The molecule has 0 bridgehead atoms. The van der Waals surface area contributed by atoms with Crippen LogP contribution in [0.4, 0.5) is 13.2 Å². The number of rotatable bonds is 3. The van der Waals surface area contributed by atoms with Gasteiger partial charge >= 0.3 is 12.1 Å². The van der Waals surface area contributed by atoms with E-state index in [9.17, 15) is 18.0 Å². The van der Waals surface area contributed by atoms with Crippen LogP contribution in [0.1, 0.15) is 26.7 Å². The number of halogens is 3. The predicted molar refractivity (Wildman–Crippen MR) is 36.7 cm³/mol. The van der Waals surface area contributed by atoms with Crippen LogP contribution in [-0.2, 0) is 4.79 Å². The van der Waals surface area contributed by atoms with Crippen LogP contribution in [0.5, 0.6) is 0 Å². The number of hydrogen-bond donors (Lipinski definition) is 1. The fraction of sp³-hybridized carbons (Fsp3) is 0.857. The fourth-order valence-corrected chi connectivity index (χ4v) is 0.794. The Morgan fingerprint density at radius 2 is 1.83 bits per heavy atom. The molecule has 0 amide bonds. The van der Waals surface area contributed by atoms with E-state index in [1.807, 2.05) is 0 Å². The third-order valence-electron chi connectivity index (χ3n) is 1.89. The van der Waals surface area contributed by atoms with E-state index >= 15 is 0 Å². The Hall–Kier alpha value is -0.740. The summed E-state index contributed by atoms with van der Waals surface area (Å²) in [6.45, 7) is 2.53. The third kappa shape index (κ3) is 3.11. The Labute approximate surface area is 68.4 Å². The predicted octanol–water partition coefficient (Wildman–Crippen LogP) is 2.44. The zero-order chi connectivity index (χ0) is 9.99. The lowest BCUT2D eigenvalue weighted by Crippen LogP contribution is -2.32. The van der Waals surface area contributed by atoms with Gasteiger partial charge in [0.1, 0.15) is 0 Å². The molecule has 0 rings (SSSR count). The lowest BCUT2D eigenvalue weighted by Gasteiger charge is -2.23. The van der Waals surface area contributed by atoms with Crippen molar-refractivity contribution in [3.63, 3.8) is 0 Å². The van der Waals surface area contributed by atoms with Gasteiger partial charge in [0.2, 0.25) is 0 Å². The standard InChI is InChI=1S/C7H11F3O2/c1-3-6(2,5(11)12)4-7(8,9)10/h3-4H2,1-2H3,(H,11,12). The fourth-order valence-electron chi connectivity index (χ4n) is 0.794. The topological polar surface area (TPSA) is 37.3 Å². The van der Waals surface area contributed by atoms with E-state index in [0.717, 1.165) is 6.92 Å². The molecule has 72 valence electrons. The molecule has 0 aliphatic heterocycles. The highest BCUT2D eigenvalue weighted by molar-refractivity contribution is 5.74. The second-order valence-corrected chi connectivity index (χ2v) is 3.01. The van der Waals surface area contributed by atoms with Crippen molar-refractivity contribution in [1.82, 2.24) is 0 Å². The molecule has 0 fully saturated rings. The maximum Gasteiger partial charge on any atom is 0.390 e. The van der Waals surface area contributed by atoms with Gasteiger partial charge in [0, 0.05) is 0 Å². The quantitative estimate of drug-likeness (QED) is 0.731. The van der Waals surface area contributed by atoms with Crippen LogP contribution in [0.25, 0.3) is 0 Å². The van der Waals surface area contributed by atoms with E-state index in [2.05, 4.69) is 0 Å². The molecule has 12 heavy (non-hydrogen) atoms. The number of carbonyl (C=O) groups is 1. The molecule has 1 N–H and O–H groups in total. The van der Waals surface area contributed by atoms with Gasteiger partial charge in [0.25, 0.3) is 0 Å². The number of hydrogen-bond acceptors (Lipinski definition) is 1. The molecule has 0 saturated carbocycles. The summed E-state index contributed by atoms with van der Waals surface area (Å²) in [5.41, 5.74) is -1.68. The summed E-state index contributed by atoms with van der Waals surface area (Å²) >= 11 is 0. The van der Waals surface area contributed by atoms with Crippen molar-refractivity contribution in [3.05, 3.63) is 0 Å². The van der Waals surface area contributed by atoms with E-state index in [4.69, 9.17) is 5.11 Å². The van der Waals surface area contributed by atoms with Gasteiger partial charge in [0.15, 0.2) is 0 Å². The van der Waals surface area contributed by atoms with Crippen molar-refractivity contribution in [1.29, 1.82) is 0 Å². The van der Waals surface area contributed by atoms with Crippen LogP contribution >= 0.6 is 0 Å². The Morgan fingerprint density at radius 3 is 1.92 bits per heavy atom. The van der Waals surface area contributed by atoms with Crippen molar-refractivity contribution in [3.8, 4) is 0 Å². The average Bonchev–Trinajstić information content (AvgIpc) is 1.83. The Morgan fingerprint density at radius 1 is 1.42 bits per heavy atom. The normalized spacial score (nSPS) is 17.1. The molecular weight excluding hydrogens is 173 g/mol. The van der Waals surface area contributed by atoms with Crippen molar-refractivity contribution < 1.29 is 23.1 Å². The summed E-state index contributed by atoms with van der Waals surface area (Å²) in [7, 11) is 0. The highest BCUT2D eigenvalue weighted by atomic mass is 19.4. The molecule has 0 aliphatic carbocycles. The van der Waals surface area contributed by atoms with Crippen LogP contribution in [0.15, 0.2) is 0 Å². The van der Waals surface area contributed by atoms with Crippen molar-refractivity contribution >= 4 is 5.97 Å². The molecule has 0 heterocycles. The van der Waals surface area contributed by atoms with Crippen LogP contribution < -0.4 is 0 Å². The van der Waals surface area contributed by atoms with Crippen LogP contribution in [0, 0.1) is 5.41 Å². The van der Waals surface area contributed by atoms with Gasteiger partial charge in [-0.3, -0.25) is 4.79 Å². The molecular formula is C7H11F3O2. The van der Waals surface area contributed by atoms with Gasteiger partial charge in [-0.05, 0) is 13.3 Å². The second kappa shape index (κ2) is 3.33. The highest BCUT2D eigenvalue weighted by Crippen LogP contribution is 2.35. The monoisotopic (exact) mass is 184 g/mol. The van der Waals surface area contributed by atoms with Crippen molar-refractivity contribution in [2.75, 3.05) is 0 Å². The Kier molecular flexibility index (Phi) is 3.12. The highest BCUT2D eigenvalue weighted by Gasteiger charge is 2.43. The first-order chi connectivity index (χ1) is 5.21. The molecule has 1 atom stereocenters. The van der Waals surface area contributed by atoms with Gasteiger partial charge in [0.05, 0.1) is 11.8 Å². The summed E-state index contributed by atoms with van der Waals surface area (Å²) < 4.78 is 35.5. The first-order valence-electron chi connectivity index (χ1n) is 3.51. The Balaban J connectivity index is 4.46. The maximum absolute atomic E-state index is 11.8. The van der Waals surface area contributed by atoms with Crippen LogP contribution in [0.3, 0.4) is 0 Å². The molecule has 0 aromatic rings. The van der Waals surface area contributed by atoms with Gasteiger partial charge in [-0.25, -0.2) is 0 Å². The van der Waals surface area contributed by atoms with E-state index in [1.165, 1.54) is 6.92 Å². The minimum Gasteiger partial charge on any atom is -0.481 e. The smallest absolute Gasteiger partial charge is 0.390 e. The minimum atomic E-state index is -4.41. The lowest BCUT2D eigenvalue weighted by atomic mass is 9.84. The zero-order valence-electron chi connectivity index (χ0n) is 6.90. The zero-order valence-corrected chi connectivity index (χ0v) is 6.90. The van der Waals surface area contributed by atoms with E-state index < -0.39 is 24.0 Å². The minimum absolute atomic E-state index is 0.0259. The summed E-state index contributed by atoms with van der Waals surface area (Å²) in [4.78, 5) is 10.4.